The molecule has 1 aromatic carbocycles. The van der Waals surface area contributed by atoms with E-state index in [1.165, 1.54) is 12.3 Å². The monoisotopic (exact) mass is 231 g/mol. The van der Waals surface area contributed by atoms with Gasteiger partial charge in [-0.2, -0.15) is 0 Å². The highest BCUT2D eigenvalue weighted by Gasteiger charge is 2.14. The lowest BCUT2D eigenvalue weighted by atomic mass is 9.97. The quantitative estimate of drug-likeness (QED) is 0.862. The summed E-state index contributed by atoms with van der Waals surface area (Å²) in [6.07, 6.45) is 1.77. The van der Waals surface area contributed by atoms with Crippen LogP contribution in [0.3, 0.4) is 0 Å². The van der Waals surface area contributed by atoms with Gasteiger partial charge in [0.1, 0.15) is 11.9 Å². The Morgan fingerprint density at radius 1 is 1.18 bits per heavy atom. The number of aromatic nitrogens is 1. The molecule has 17 heavy (non-hydrogen) atoms. The molecule has 0 aliphatic heterocycles. The number of pyridine rings is 1. The van der Waals surface area contributed by atoms with Crippen molar-refractivity contribution in [3.05, 3.63) is 64.7 Å². The van der Waals surface area contributed by atoms with Gasteiger partial charge in [0.25, 0.3) is 0 Å². The predicted molar refractivity (Wildman–Crippen MR) is 64.2 cm³/mol. The first-order valence-electron chi connectivity index (χ1n) is 5.43. The molecule has 2 nitrogen and oxygen atoms in total. The molecular weight excluding hydrogens is 217 g/mol. The molecule has 0 fully saturated rings. The molecule has 0 bridgehead atoms. The number of halogens is 1. The molecule has 0 aliphatic carbocycles. The molecule has 0 amide bonds. The van der Waals surface area contributed by atoms with E-state index in [9.17, 15) is 9.50 Å². The molecule has 1 N–H and O–H groups in total. The van der Waals surface area contributed by atoms with E-state index in [4.69, 9.17) is 0 Å². The van der Waals surface area contributed by atoms with Gasteiger partial charge < -0.3 is 5.11 Å². The van der Waals surface area contributed by atoms with Crippen LogP contribution in [0.2, 0.25) is 0 Å². The van der Waals surface area contributed by atoms with Gasteiger partial charge in [0.2, 0.25) is 0 Å². The molecule has 0 spiro atoms. The first kappa shape index (κ1) is 11.7. The number of benzene rings is 1. The van der Waals surface area contributed by atoms with Crippen molar-refractivity contribution in [2.75, 3.05) is 0 Å². The minimum absolute atomic E-state index is 0.438. The maximum atomic E-state index is 13.0. The summed E-state index contributed by atoms with van der Waals surface area (Å²) in [5.74, 6) is -0.438. The summed E-state index contributed by atoms with van der Waals surface area (Å²) in [6.45, 7) is 3.88. The van der Waals surface area contributed by atoms with Crippen molar-refractivity contribution in [1.29, 1.82) is 0 Å². The second-order valence-corrected chi connectivity index (χ2v) is 4.20. The topological polar surface area (TPSA) is 33.1 Å². The molecule has 2 rings (SSSR count). The van der Waals surface area contributed by atoms with E-state index in [0.717, 1.165) is 22.9 Å². The van der Waals surface area contributed by atoms with Gasteiger partial charge in [0.15, 0.2) is 0 Å². The van der Waals surface area contributed by atoms with Crippen LogP contribution < -0.4 is 0 Å². The van der Waals surface area contributed by atoms with Crippen molar-refractivity contribution in [3.63, 3.8) is 0 Å². The highest BCUT2D eigenvalue weighted by Crippen LogP contribution is 2.25. The Morgan fingerprint density at radius 3 is 2.65 bits per heavy atom. The number of hydrogen-bond acceptors (Lipinski definition) is 2. The molecule has 2 aromatic rings. The van der Waals surface area contributed by atoms with E-state index in [1.807, 2.05) is 32.0 Å². The number of rotatable bonds is 2. The largest absolute Gasteiger partial charge is 0.384 e. The first-order valence-corrected chi connectivity index (χ1v) is 5.43. The first-order chi connectivity index (χ1) is 8.08. The number of hydrogen-bond donors (Lipinski definition) is 1. The minimum Gasteiger partial charge on any atom is -0.384 e. The minimum atomic E-state index is -0.835. The molecule has 1 aromatic heterocycles. The zero-order valence-electron chi connectivity index (χ0n) is 9.81. The normalized spacial score (nSPS) is 12.5. The van der Waals surface area contributed by atoms with Crippen LogP contribution in [-0.4, -0.2) is 10.1 Å². The van der Waals surface area contributed by atoms with E-state index in [1.54, 1.807) is 0 Å². The van der Waals surface area contributed by atoms with Crippen molar-refractivity contribution in [1.82, 2.24) is 4.98 Å². The third-order valence-corrected chi connectivity index (χ3v) is 2.77. The van der Waals surface area contributed by atoms with Crippen LogP contribution >= 0.6 is 0 Å². The summed E-state index contributed by atoms with van der Waals surface area (Å²) < 4.78 is 13.0. The third-order valence-electron chi connectivity index (χ3n) is 2.77. The van der Waals surface area contributed by atoms with Gasteiger partial charge in [-0.25, -0.2) is 4.39 Å². The van der Waals surface area contributed by atoms with Gasteiger partial charge in [-0.05, 0) is 31.0 Å². The zero-order chi connectivity index (χ0) is 12.4. The maximum Gasteiger partial charge on any atom is 0.141 e. The fourth-order valence-electron chi connectivity index (χ4n) is 1.81. The summed E-state index contributed by atoms with van der Waals surface area (Å²) in [7, 11) is 0. The Morgan fingerprint density at radius 2 is 1.94 bits per heavy atom. The number of aliphatic hydroxyl groups is 1. The van der Waals surface area contributed by atoms with Crippen LogP contribution in [0.1, 0.15) is 28.4 Å². The lowest BCUT2D eigenvalue weighted by Gasteiger charge is -2.14. The van der Waals surface area contributed by atoms with Crippen LogP contribution in [0.25, 0.3) is 0 Å². The Bertz CT molecular complexity index is 539. The molecule has 88 valence electrons. The van der Waals surface area contributed by atoms with Crippen LogP contribution in [0.15, 0.2) is 36.7 Å². The van der Waals surface area contributed by atoms with Crippen molar-refractivity contribution < 1.29 is 9.50 Å². The number of nitrogens with zero attached hydrogens (tertiary/aromatic N) is 1. The second kappa shape index (κ2) is 4.63. The van der Waals surface area contributed by atoms with Crippen LogP contribution in [0, 0.1) is 19.7 Å². The van der Waals surface area contributed by atoms with Crippen LogP contribution in [0.4, 0.5) is 4.39 Å². The van der Waals surface area contributed by atoms with Gasteiger partial charge in [-0.1, -0.05) is 23.8 Å². The standard InChI is InChI=1S/C14H14FNO/c1-9-3-4-10(2)13(5-9)14(17)11-6-12(15)8-16-7-11/h3-8,14,17H,1-2H3. The van der Waals surface area contributed by atoms with Crippen molar-refractivity contribution in [2.24, 2.45) is 0 Å². The molecule has 0 saturated carbocycles. The summed E-state index contributed by atoms with van der Waals surface area (Å²) in [5.41, 5.74) is 3.30. The van der Waals surface area contributed by atoms with E-state index in [2.05, 4.69) is 4.98 Å². The van der Waals surface area contributed by atoms with Crippen molar-refractivity contribution >= 4 is 0 Å². The fraction of sp³-hybridized carbons (Fsp3) is 0.214. The Balaban J connectivity index is 2.43. The highest BCUT2D eigenvalue weighted by atomic mass is 19.1. The predicted octanol–water partition coefficient (Wildman–Crippen LogP) is 2.92. The molecular formula is C14H14FNO. The van der Waals surface area contributed by atoms with E-state index >= 15 is 0 Å². The number of aliphatic hydroxyl groups excluding tert-OH is 1. The summed E-state index contributed by atoms with van der Waals surface area (Å²) >= 11 is 0. The van der Waals surface area contributed by atoms with Crippen molar-refractivity contribution in [3.8, 4) is 0 Å². The number of aryl methyl sites for hydroxylation is 2. The smallest absolute Gasteiger partial charge is 0.141 e. The van der Waals surface area contributed by atoms with E-state index in [0.29, 0.717) is 5.56 Å². The highest BCUT2D eigenvalue weighted by molar-refractivity contribution is 5.37. The lowest BCUT2D eigenvalue weighted by Crippen LogP contribution is -2.03. The molecule has 1 atom stereocenters. The average Bonchev–Trinajstić information content (AvgIpc) is 2.31. The van der Waals surface area contributed by atoms with E-state index < -0.39 is 11.9 Å². The second-order valence-electron chi connectivity index (χ2n) is 4.20. The summed E-state index contributed by atoms with van der Waals surface area (Å²) in [5, 5.41) is 10.2. The molecule has 1 unspecified atom stereocenters. The molecule has 3 heteroatoms. The van der Waals surface area contributed by atoms with Crippen LogP contribution in [-0.2, 0) is 0 Å². The lowest BCUT2D eigenvalue weighted by molar-refractivity contribution is 0.218. The zero-order valence-corrected chi connectivity index (χ0v) is 9.81. The molecule has 0 radical (unpaired) electrons. The summed E-state index contributed by atoms with van der Waals surface area (Å²) in [4.78, 5) is 3.75. The molecule has 0 aliphatic rings. The molecule has 1 heterocycles. The maximum absolute atomic E-state index is 13.0. The molecule has 0 saturated heterocycles. The Hall–Kier alpha value is -1.74. The third kappa shape index (κ3) is 2.50. The van der Waals surface area contributed by atoms with Gasteiger partial charge in [0.05, 0.1) is 6.20 Å². The van der Waals surface area contributed by atoms with Gasteiger partial charge >= 0.3 is 0 Å². The van der Waals surface area contributed by atoms with Gasteiger partial charge in [-0.15, -0.1) is 0 Å². The average molecular weight is 231 g/mol. The van der Waals surface area contributed by atoms with E-state index in [-0.39, 0.29) is 0 Å². The van der Waals surface area contributed by atoms with Gasteiger partial charge in [-0.3, -0.25) is 4.98 Å². The Labute approximate surface area is 99.8 Å². The SMILES string of the molecule is Cc1ccc(C)c(C(O)c2cncc(F)c2)c1. The van der Waals surface area contributed by atoms with Crippen LogP contribution in [0.5, 0.6) is 0 Å². The fourth-order valence-corrected chi connectivity index (χ4v) is 1.81. The van der Waals surface area contributed by atoms with Gasteiger partial charge in [0, 0.05) is 11.8 Å². The summed E-state index contributed by atoms with van der Waals surface area (Å²) in [6, 6.07) is 7.14. The Kier molecular flexibility index (Phi) is 3.20. The van der Waals surface area contributed by atoms with Crippen molar-refractivity contribution in [2.45, 2.75) is 20.0 Å².